The van der Waals surface area contributed by atoms with Crippen molar-refractivity contribution in [2.75, 3.05) is 23.5 Å². The van der Waals surface area contributed by atoms with Gasteiger partial charge in [0, 0.05) is 11.9 Å². The van der Waals surface area contributed by atoms with Gasteiger partial charge in [-0.25, -0.2) is 8.42 Å². The van der Waals surface area contributed by atoms with Gasteiger partial charge in [-0.1, -0.05) is 18.2 Å². The van der Waals surface area contributed by atoms with E-state index in [0.29, 0.717) is 5.69 Å². The van der Waals surface area contributed by atoms with Gasteiger partial charge in [0.15, 0.2) is 9.84 Å². The minimum Gasteiger partial charge on any atom is -0.394 e. The molecule has 0 fully saturated rings. The van der Waals surface area contributed by atoms with Gasteiger partial charge >= 0.3 is 0 Å². The number of sulfone groups is 1. The SMILES string of the molecule is CC(CO)N(C(=O)CS(C)(=O)=O)c1ccccc1. The zero-order chi connectivity index (χ0) is 13.8. The van der Waals surface area contributed by atoms with Crippen molar-refractivity contribution in [2.45, 2.75) is 13.0 Å². The van der Waals surface area contributed by atoms with Crippen LogP contribution in [0.15, 0.2) is 30.3 Å². The van der Waals surface area contributed by atoms with Crippen LogP contribution in [-0.2, 0) is 14.6 Å². The zero-order valence-corrected chi connectivity index (χ0v) is 11.2. The predicted octanol–water partition coefficient (Wildman–Crippen LogP) is 0.445. The van der Waals surface area contributed by atoms with E-state index in [1.165, 1.54) is 4.90 Å². The van der Waals surface area contributed by atoms with Gasteiger partial charge in [0.05, 0.1) is 12.6 Å². The van der Waals surface area contributed by atoms with Crippen LogP contribution >= 0.6 is 0 Å². The number of anilines is 1. The van der Waals surface area contributed by atoms with E-state index in [0.717, 1.165) is 6.26 Å². The molecule has 1 unspecified atom stereocenters. The lowest BCUT2D eigenvalue weighted by Gasteiger charge is -2.27. The van der Waals surface area contributed by atoms with E-state index in [1.807, 2.05) is 0 Å². The van der Waals surface area contributed by atoms with Crippen LogP contribution in [0.1, 0.15) is 6.92 Å². The number of aliphatic hydroxyl groups excluding tert-OH is 1. The second-order valence-corrected chi connectivity index (χ2v) is 6.34. The number of hydrogen-bond acceptors (Lipinski definition) is 4. The van der Waals surface area contributed by atoms with E-state index in [-0.39, 0.29) is 6.61 Å². The summed E-state index contributed by atoms with van der Waals surface area (Å²) in [6, 6.07) is 8.23. The molecule has 0 aliphatic carbocycles. The molecule has 1 rings (SSSR count). The molecule has 100 valence electrons. The van der Waals surface area contributed by atoms with Gasteiger partial charge in [0.25, 0.3) is 0 Å². The van der Waals surface area contributed by atoms with Crippen LogP contribution in [0.3, 0.4) is 0 Å². The lowest BCUT2D eigenvalue weighted by Crippen LogP contribution is -2.43. The van der Waals surface area contributed by atoms with Gasteiger partial charge < -0.3 is 10.0 Å². The Bertz CT molecular complexity index is 498. The van der Waals surface area contributed by atoms with Crippen molar-refractivity contribution in [1.82, 2.24) is 0 Å². The number of carbonyl (C=O) groups excluding carboxylic acids is 1. The fourth-order valence-corrected chi connectivity index (χ4v) is 2.20. The fourth-order valence-electron chi connectivity index (χ4n) is 1.61. The minimum absolute atomic E-state index is 0.232. The zero-order valence-electron chi connectivity index (χ0n) is 10.4. The molecule has 1 aromatic carbocycles. The fraction of sp³-hybridized carbons (Fsp3) is 0.417. The second-order valence-electron chi connectivity index (χ2n) is 4.20. The standard InChI is InChI=1S/C12H17NO4S/c1-10(8-14)13(11-6-4-3-5-7-11)12(15)9-18(2,16)17/h3-7,10,14H,8-9H2,1-2H3. The Kier molecular flexibility index (Phi) is 4.86. The Morgan fingerprint density at radius 3 is 2.33 bits per heavy atom. The van der Waals surface area contributed by atoms with Crippen molar-refractivity contribution in [3.05, 3.63) is 30.3 Å². The molecule has 1 amide bonds. The molecular weight excluding hydrogens is 254 g/mol. The number of para-hydroxylation sites is 1. The largest absolute Gasteiger partial charge is 0.394 e. The molecule has 1 aromatic rings. The molecule has 0 spiro atoms. The molecule has 0 aromatic heterocycles. The van der Waals surface area contributed by atoms with Crippen LogP contribution in [0.4, 0.5) is 5.69 Å². The summed E-state index contributed by atoms with van der Waals surface area (Å²) in [5.74, 6) is -1.10. The van der Waals surface area contributed by atoms with Crippen molar-refractivity contribution in [2.24, 2.45) is 0 Å². The topological polar surface area (TPSA) is 74.7 Å². The van der Waals surface area contributed by atoms with E-state index in [9.17, 15) is 18.3 Å². The molecule has 0 aliphatic heterocycles. The summed E-state index contributed by atoms with van der Waals surface area (Å²) in [6.07, 6.45) is 1.01. The third-order valence-electron chi connectivity index (χ3n) is 2.39. The maximum absolute atomic E-state index is 12.0. The van der Waals surface area contributed by atoms with E-state index < -0.39 is 27.5 Å². The number of carbonyl (C=O) groups is 1. The number of nitrogens with zero attached hydrogens (tertiary/aromatic N) is 1. The van der Waals surface area contributed by atoms with Gasteiger partial charge in [-0.2, -0.15) is 0 Å². The normalized spacial score (nSPS) is 13.1. The minimum atomic E-state index is -3.39. The molecule has 0 heterocycles. The molecule has 1 N–H and O–H groups in total. The number of amides is 1. The first-order chi connectivity index (χ1) is 8.35. The summed E-state index contributed by atoms with van der Waals surface area (Å²) in [5, 5.41) is 9.17. The van der Waals surface area contributed by atoms with Crippen molar-refractivity contribution >= 4 is 21.4 Å². The molecule has 0 saturated heterocycles. The van der Waals surface area contributed by atoms with Gasteiger partial charge in [-0.15, -0.1) is 0 Å². The lowest BCUT2D eigenvalue weighted by atomic mass is 10.2. The first-order valence-electron chi connectivity index (χ1n) is 5.51. The van der Waals surface area contributed by atoms with Gasteiger partial charge in [0.2, 0.25) is 5.91 Å². The molecule has 18 heavy (non-hydrogen) atoms. The van der Waals surface area contributed by atoms with Crippen LogP contribution in [0.2, 0.25) is 0 Å². The van der Waals surface area contributed by atoms with Crippen molar-refractivity contribution in [1.29, 1.82) is 0 Å². The molecule has 0 aliphatic rings. The summed E-state index contributed by atoms with van der Waals surface area (Å²) < 4.78 is 22.4. The summed E-state index contributed by atoms with van der Waals surface area (Å²) in [7, 11) is -3.39. The van der Waals surface area contributed by atoms with Gasteiger partial charge in [-0.05, 0) is 19.1 Å². The molecular formula is C12H17NO4S. The van der Waals surface area contributed by atoms with Crippen LogP contribution in [0.5, 0.6) is 0 Å². The average molecular weight is 271 g/mol. The average Bonchev–Trinajstić information content (AvgIpc) is 2.28. The number of benzene rings is 1. The lowest BCUT2D eigenvalue weighted by molar-refractivity contribution is -0.116. The number of hydrogen-bond donors (Lipinski definition) is 1. The van der Waals surface area contributed by atoms with Crippen LogP contribution in [-0.4, -0.2) is 44.1 Å². The summed E-state index contributed by atoms with van der Waals surface area (Å²) in [6.45, 7) is 1.43. The third-order valence-corrected chi connectivity index (χ3v) is 3.17. The first-order valence-corrected chi connectivity index (χ1v) is 7.57. The van der Waals surface area contributed by atoms with E-state index in [1.54, 1.807) is 37.3 Å². The molecule has 0 saturated carbocycles. The Labute approximate surface area is 107 Å². The maximum atomic E-state index is 12.0. The van der Waals surface area contributed by atoms with Crippen molar-refractivity contribution in [3.8, 4) is 0 Å². The number of aliphatic hydroxyl groups is 1. The van der Waals surface area contributed by atoms with Crippen LogP contribution in [0.25, 0.3) is 0 Å². The quantitative estimate of drug-likeness (QED) is 0.843. The predicted molar refractivity (Wildman–Crippen MR) is 70.2 cm³/mol. The monoisotopic (exact) mass is 271 g/mol. The van der Waals surface area contributed by atoms with Crippen LogP contribution < -0.4 is 4.90 Å². The highest BCUT2D eigenvalue weighted by Crippen LogP contribution is 2.17. The second kappa shape index (κ2) is 5.97. The summed E-state index contributed by atoms with van der Waals surface area (Å²) in [4.78, 5) is 13.3. The molecule has 6 heteroatoms. The van der Waals surface area contributed by atoms with Crippen molar-refractivity contribution in [3.63, 3.8) is 0 Å². The Morgan fingerprint density at radius 1 is 1.33 bits per heavy atom. The van der Waals surface area contributed by atoms with Crippen molar-refractivity contribution < 1.29 is 18.3 Å². The smallest absolute Gasteiger partial charge is 0.242 e. The number of rotatable bonds is 5. The van der Waals surface area contributed by atoms with E-state index in [2.05, 4.69) is 0 Å². The summed E-state index contributed by atoms with van der Waals surface area (Å²) in [5.41, 5.74) is 0.577. The highest BCUT2D eigenvalue weighted by Gasteiger charge is 2.24. The van der Waals surface area contributed by atoms with E-state index in [4.69, 9.17) is 0 Å². The van der Waals surface area contributed by atoms with E-state index >= 15 is 0 Å². The molecule has 0 bridgehead atoms. The Morgan fingerprint density at radius 2 is 1.89 bits per heavy atom. The van der Waals surface area contributed by atoms with Gasteiger partial charge in [-0.3, -0.25) is 4.79 Å². The highest BCUT2D eigenvalue weighted by atomic mass is 32.2. The molecule has 5 nitrogen and oxygen atoms in total. The first kappa shape index (κ1) is 14.7. The third kappa shape index (κ3) is 4.12. The maximum Gasteiger partial charge on any atom is 0.242 e. The van der Waals surface area contributed by atoms with Gasteiger partial charge in [0.1, 0.15) is 5.75 Å². The molecule has 1 atom stereocenters. The Hall–Kier alpha value is -1.40. The molecule has 0 radical (unpaired) electrons. The van der Waals surface area contributed by atoms with Crippen LogP contribution in [0, 0.1) is 0 Å². The highest BCUT2D eigenvalue weighted by molar-refractivity contribution is 7.91. The Balaban J connectivity index is 3.04. The summed E-state index contributed by atoms with van der Waals surface area (Å²) >= 11 is 0.